The van der Waals surface area contributed by atoms with Gasteiger partial charge in [-0.05, 0) is 55.3 Å². The molecule has 0 spiro atoms. The highest BCUT2D eigenvalue weighted by Crippen LogP contribution is 2.21. The van der Waals surface area contributed by atoms with Crippen molar-refractivity contribution >= 4 is 17.5 Å². The van der Waals surface area contributed by atoms with E-state index < -0.39 is 0 Å². The van der Waals surface area contributed by atoms with Gasteiger partial charge in [0.2, 0.25) is 5.91 Å². The highest BCUT2D eigenvalue weighted by Gasteiger charge is 2.20. The maximum atomic E-state index is 12.2. The van der Waals surface area contributed by atoms with Crippen LogP contribution < -0.4 is 5.32 Å². The van der Waals surface area contributed by atoms with E-state index in [0.717, 1.165) is 31.5 Å². The van der Waals surface area contributed by atoms with Crippen LogP contribution in [0.3, 0.4) is 0 Å². The van der Waals surface area contributed by atoms with Crippen molar-refractivity contribution in [2.75, 3.05) is 19.6 Å². The van der Waals surface area contributed by atoms with Crippen molar-refractivity contribution in [2.24, 2.45) is 5.92 Å². The van der Waals surface area contributed by atoms with Crippen molar-refractivity contribution in [2.45, 2.75) is 38.6 Å². The Morgan fingerprint density at radius 3 is 2.70 bits per heavy atom. The zero-order valence-corrected chi connectivity index (χ0v) is 16.6. The second kappa shape index (κ2) is 10.5. The van der Waals surface area contributed by atoms with Crippen molar-refractivity contribution in [3.8, 4) is 0 Å². The topological polar surface area (TPSA) is 32.3 Å². The van der Waals surface area contributed by atoms with Crippen LogP contribution in [0.25, 0.3) is 0 Å². The van der Waals surface area contributed by atoms with Crippen LogP contribution in [0.15, 0.2) is 54.6 Å². The van der Waals surface area contributed by atoms with Gasteiger partial charge < -0.3 is 10.2 Å². The van der Waals surface area contributed by atoms with E-state index in [4.69, 9.17) is 11.6 Å². The lowest BCUT2D eigenvalue weighted by Crippen LogP contribution is -2.37. The summed E-state index contributed by atoms with van der Waals surface area (Å²) >= 11 is 6.14. The van der Waals surface area contributed by atoms with E-state index in [9.17, 15) is 4.79 Å². The molecular weight excluding hydrogens is 356 g/mol. The van der Waals surface area contributed by atoms with Gasteiger partial charge in [-0.1, -0.05) is 60.1 Å². The fraction of sp³-hybridized carbons (Fsp3) is 0.435. The average molecular weight is 385 g/mol. The lowest BCUT2D eigenvalue weighted by atomic mass is 9.93. The molecule has 1 heterocycles. The number of nitrogens with zero attached hydrogens (tertiary/aromatic N) is 1. The number of halogens is 1. The Balaban J connectivity index is 1.36. The molecule has 1 aliphatic heterocycles. The number of hydrogen-bond acceptors (Lipinski definition) is 2. The minimum atomic E-state index is 0.122. The minimum Gasteiger partial charge on any atom is -0.352 e. The molecule has 1 amide bonds. The third kappa shape index (κ3) is 6.67. The molecular formula is C23H29ClN2O. The van der Waals surface area contributed by atoms with E-state index in [1.807, 2.05) is 24.3 Å². The molecule has 144 valence electrons. The summed E-state index contributed by atoms with van der Waals surface area (Å²) < 4.78 is 0. The largest absolute Gasteiger partial charge is 0.352 e. The van der Waals surface area contributed by atoms with Crippen molar-refractivity contribution < 1.29 is 4.79 Å². The standard InChI is InChI=1S/C23H29ClN2O/c24-22-11-5-4-10-21(22)17-25-23(27)13-12-20-9-6-15-26(18-20)16-14-19-7-2-1-3-8-19/h1-5,7-8,10-11,20H,6,9,12-18H2,(H,25,27). The second-order valence-corrected chi connectivity index (χ2v) is 7.86. The van der Waals surface area contributed by atoms with E-state index in [-0.39, 0.29) is 5.91 Å². The lowest BCUT2D eigenvalue weighted by molar-refractivity contribution is -0.121. The summed E-state index contributed by atoms with van der Waals surface area (Å²) in [6.45, 7) is 3.91. The van der Waals surface area contributed by atoms with Crippen LogP contribution in [0.5, 0.6) is 0 Å². The Kier molecular flexibility index (Phi) is 7.73. The average Bonchev–Trinajstić information content (AvgIpc) is 2.71. The molecule has 1 saturated heterocycles. The van der Waals surface area contributed by atoms with Crippen LogP contribution in [0.1, 0.15) is 36.8 Å². The number of hydrogen-bond donors (Lipinski definition) is 1. The third-order valence-corrected chi connectivity index (χ3v) is 5.74. The summed E-state index contributed by atoms with van der Waals surface area (Å²) in [5.41, 5.74) is 2.37. The van der Waals surface area contributed by atoms with Gasteiger partial charge in [0.15, 0.2) is 0 Å². The van der Waals surface area contributed by atoms with E-state index in [1.165, 1.54) is 24.9 Å². The summed E-state index contributed by atoms with van der Waals surface area (Å²) in [6.07, 6.45) is 5.14. The fourth-order valence-electron chi connectivity index (χ4n) is 3.78. The van der Waals surface area contributed by atoms with Crippen LogP contribution in [0.4, 0.5) is 0 Å². The molecule has 1 fully saturated rings. The summed E-state index contributed by atoms with van der Waals surface area (Å²) in [5.74, 6) is 0.747. The number of nitrogens with one attached hydrogen (secondary N) is 1. The summed E-state index contributed by atoms with van der Waals surface area (Å²) in [7, 11) is 0. The van der Waals surface area contributed by atoms with Gasteiger partial charge in [-0.15, -0.1) is 0 Å². The molecule has 1 unspecified atom stereocenters. The Morgan fingerprint density at radius 2 is 1.89 bits per heavy atom. The molecule has 1 atom stereocenters. The summed E-state index contributed by atoms with van der Waals surface area (Å²) in [5, 5.41) is 3.71. The van der Waals surface area contributed by atoms with Crippen LogP contribution in [-0.4, -0.2) is 30.4 Å². The van der Waals surface area contributed by atoms with Crippen LogP contribution in [-0.2, 0) is 17.8 Å². The third-order valence-electron chi connectivity index (χ3n) is 5.38. The summed E-state index contributed by atoms with van der Waals surface area (Å²) in [6, 6.07) is 18.3. The van der Waals surface area contributed by atoms with Gasteiger partial charge in [0.25, 0.3) is 0 Å². The number of piperidine rings is 1. The molecule has 3 nitrogen and oxygen atoms in total. The van der Waals surface area contributed by atoms with Crippen LogP contribution >= 0.6 is 11.6 Å². The van der Waals surface area contributed by atoms with Crippen LogP contribution in [0.2, 0.25) is 5.02 Å². The van der Waals surface area contributed by atoms with Crippen molar-refractivity contribution in [1.82, 2.24) is 10.2 Å². The SMILES string of the molecule is O=C(CCC1CCCN(CCc2ccccc2)C1)NCc1ccccc1Cl. The first-order chi connectivity index (χ1) is 13.2. The predicted molar refractivity (Wildman–Crippen MR) is 112 cm³/mol. The smallest absolute Gasteiger partial charge is 0.220 e. The van der Waals surface area contributed by atoms with Gasteiger partial charge in [0.1, 0.15) is 0 Å². The molecule has 4 heteroatoms. The van der Waals surface area contributed by atoms with Gasteiger partial charge in [0.05, 0.1) is 0 Å². The monoisotopic (exact) mass is 384 g/mol. The molecule has 27 heavy (non-hydrogen) atoms. The van der Waals surface area contributed by atoms with Gasteiger partial charge >= 0.3 is 0 Å². The Labute approximate surface area is 167 Å². The Bertz CT molecular complexity index is 719. The van der Waals surface area contributed by atoms with Gasteiger partial charge in [0, 0.05) is 31.1 Å². The fourth-order valence-corrected chi connectivity index (χ4v) is 3.98. The zero-order valence-electron chi connectivity index (χ0n) is 15.9. The molecule has 0 bridgehead atoms. The molecule has 3 rings (SSSR count). The first kappa shape index (κ1) is 19.9. The summed E-state index contributed by atoms with van der Waals surface area (Å²) in [4.78, 5) is 14.8. The van der Waals surface area contributed by atoms with Crippen molar-refractivity contribution in [3.63, 3.8) is 0 Å². The van der Waals surface area contributed by atoms with Crippen molar-refractivity contribution in [3.05, 3.63) is 70.7 Å². The molecule has 1 N–H and O–H groups in total. The van der Waals surface area contributed by atoms with Gasteiger partial charge in [-0.3, -0.25) is 4.79 Å². The maximum Gasteiger partial charge on any atom is 0.220 e. The molecule has 0 radical (unpaired) electrons. The number of carbonyl (C=O) groups is 1. The van der Waals surface area contributed by atoms with Crippen molar-refractivity contribution in [1.29, 1.82) is 0 Å². The highest BCUT2D eigenvalue weighted by atomic mass is 35.5. The molecule has 0 aromatic heterocycles. The Morgan fingerprint density at radius 1 is 1.11 bits per heavy atom. The van der Waals surface area contributed by atoms with Crippen LogP contribution in [0, 0.1) is 5.92 Å². The van der Waals surface area contributed by atoms with E-state index in [0.29, 0.717) is 23.9 Å². The normalized spacial score (nSPS) is 17.6. The maximum absolute atomic E-state index is 12.2. The van der Waals surface area contributed by atoms with E-state index >= 15 is 0 Å². The molecule has 1 aliphatic rings. The van der Waals surface area contributed by atoms with Gasteiger partial charge in [-0.25, -0.2) is 0 Å². The number of amides is 1. The molecule has 2 aromatic carbocycles. The molecule has 0 aliphatic carbocycles. The lowest BCUT2D eigenvalue weighted by Gasteiger charge is -2.32. The number of rotatable bonds is 8. The first-order valence-electron chi connectivity index (χ1n) is 9.97. The molecule has 0 saturated carbocycles. The highest BCUT2D eigenvalue weighted by molar-refractivity contribution is 6.31. The quantitative estimate of drug-likeness (QED) is 0.716. The number of likely N-dealkylation sites (tertiary alicyclic amines) is 1. The number of carbonyl (C=O) groups excluding carboxylic acids is 1. The Hall–Kier alpha value is -1.84. The zero-order chi connectivity index (χ0) is 18.9. The predicted octanol–water partition coefficient (Wildman–Crippen LogP) is 4.69. The van der Waals surface area contributed by atoms with E-state index in [2.05, 4.69) is 40.5 Å². The first-order valence-corrected chi connectivity index (χ1v) is 10.3. The van der Waals surface area contributed by atoms with E-state index in [1.54, 1.807) is 0 Å². The van der Waals surface area contributed by atoms with Gasteiger partial charge in [-0.2, -0.15) is 0 Å². The second-order valence-electron chi connectivity index (χ2n) is 7.45. The minimum absolute atomic E-state index is 0.122. The number of benzene rings is 2. The molecule has 2 aromatic rings.